The summed E-state index contributed by atoms with van der Waals surface area (Å²) in [7, 11) is 0. The average molecular weight is 286 g/mol. The zero-order valence-corrected chi connectivity index (χ0v) is 12.8. The summed E-state index contributed by atoms with van der Waals surface area (Å²) >= 11 is 0. The monoisotopic (exact) mass is 286 g/mol. The lowest BCUT2D eigenvalue weighted by Gasteiger charge is -2.15. The number of nitrogens with one attached hydrogen (secondary N) is 1. The number of anilines is 1. The van der Waals surface area contributed by atoms with Gasteiger partial charge in [0.05, 0.1) is 12.3 Å². The van der Waals surface area contributed by atoms with Gasteiger partial charge in [0.25, 0.3) is 0 Å². The fraction of sp³-hybridized carbons (Fsp3) is 0.412. The van der Waals surface area contributed by atoms with Crippen LogP contribution in [0.5, 0.6) is 5.75 Å². The van der Waals surface area contributed by atoms with Gasteiger partial charge < -0.3 is 10.1 Å². The highest BCUT2D eigenvalue weighted by Crippen LogP contribution is 2.30. The van der Waals surface area contributed by atoms with Crippen LogP contribution in [-0.2, 0) is 4.79 Å². The molecule has 0 bridgehead atoms. The summed E-state index contributed by atoms with van der Waals surface area (Å²) in [5, 5.41) is 3.93. The third-order valence-corrected chi connectivity index (χ3v) is 3.65. The molecule has 0 spiro atoms. The fourth-order valence-corrected chi connectivity index (χ4v) is 2.42. The molecule has 0 saturated carbocycles. The van der Waals surface area contributed by atoms with E-state index in [0.717, 1.165) is 35.2 Å². The third-order valence-electron chi connectivity index (χ3n) is 3.65. The summed E-state index contributed by atoms with van der Waals surface area (Å²) in [6.45, 7) is 6.60. The minimum atomic E-state index is 0.0447. The van der Waals surface area contributed by atoms with Gasteiger partial charge in [-0.05, 0) is 44.0 Å². The minimum absolute atomic E-state index is 0.0447. The van der Waals surface area contributed by atoms with Gasteiger partial charge in [0.15, 0.2) is 0 Å². The van der Waals surface area contributed by atoms with Crippen molar-refractivity contribution in [2.24, 2.45) is 5.92 Å². The van der Waals surface area contributed by atoms with Crippen LogP contribution in [0, 0.1) is 5.92 Å². The highest BCUT2D eigenvalue weighted by molar-refractivity contribution is 6.03. The van der Waals surface area contributed by atoms with E-state index in [1.54, 1.807) is 6.20 Å². The van der Waals surface area contributed by atoms with Gasteiger partial charge in [-0.3, -0.25) is 9.78 Å². The van der Waals surface area contributed by atoms with E-state index < -0.39 is 0 Å². The molecule has 1 aromatic heterocycles. The number of nitrogens with zero attached hydrogens (tertiary/aromatic N) is 1. The number of rotatable bonds is 6. The average Bonchev–Trinajstić information content (AvgIpc) is 2.51. The van der Waals surface area contributed by atoms with E-state index in [-0.39, 0.29) is 11.8 Å². The fourth-order valence-electron chi connectivity index (χ4n) is 2.42. The number of hydrogen-bond donors (Lipinski definition) is 1. The SMILES string of the molecule is CCOc1ccc(NC(=O)C(CC)CC)c2cccnc12. The number of carbonyl (C=O) groups excluding carboxylic acids is 1. The Balaban J connectivity index is 2.37. The first-order chi connectivity index (χ1) is 10.2. The molecular weight excluding hydrogens is 264 g/mol. The van der Waals surface area contributed by atoms with Crippen LogP contribution in [-0.4, -0.2) is 17.5 Å². The van der Waals surface area contributed by atoms with Crippen molar-refractivity contribution in [3.05, 3.63) is 30.5 Å². The molecule has 1 aromatic carbocycles. The zero-order valence-electron chi connectivity index (χ0n) is 12.8. The van der Waals surface area contributed by atoms with E-state index in [2.05, 4.69) is 10.3 Å². The van der Waals surface area contributed by atoms with E-state index in [9.17, 15) is 4.79 Å². The summed E-state index contributed by atoms with van der Waals surface area (Å²) in [5.74, 6) is 0.853. The molecule has 4 heteroatoms. The number of ether oxygens (including phenoxy) is 1. The predicted octanol–water partition coefficient (Wildman–Crippen LogP) is 4.01. The van der Waals surface area contributed by atoms with Crippen LogP contribution < -0.4 is 10.1 Å². The second-order valence-corrected chi connectivity index (χ2v) is 4.95. The molecule has 0 unspecified atom stereocenters. The zero-order chi connectivity index (χ0) is 15.2. The van der Waals surface area contributed by atoms with Gasteiger partial charge >= 0.3 is 0 Å². The minimum Gasteiger partial charge on any atom is -0.492 e. The smallest absolute Gasteiger partial charge is 0.227 e. The molecule has 21 heavy (non-hydrogen) atoms. The van der Waals surface area contributed by atoms with Crippen molar-refractivity contribution in [1.29, 1.82) is 0 Å². The topological polar surface area (TPSA) is 51.2 Å². The molecule has 0 saturated heterocycles. The molecular formula is C17H22N2O2. The highest BCUT2D eigenvalue weighted by atomic mass is 16.5. The van der Waals surface area contributed by atoms with Gasteiger partial charge in [-0.25, -0.2) is 0 Å². The van der Waals surface area contributed by atoms with Crippen molar-refractivity contribution < 1.29 is 9.53 Å². The lowest BCUT2D eigenvalue weighted by atomic mass is 10.0. The maximum absolute atomic E-state index is 12.3. The summed E-state index contributed by atoms with van der Waals surface area (Å²) in [4.78, 5) is 16.6. The van der Waals surface area contributed by atoms with Gasteiger partial charge in [-0.1, -0.05) is 13.8 Å². The number of fused-ring (bicyclic) bond motifs is 1. The molecule has 2 rings (SSSR count). The Labute approximate surface area is 125 Å². The van der Waals surface area contributed by atoms with Gasteiger partial charge in [0.1, 0.15) is 11.3 Å². The maximum Gasteiger partial charge on any atom is 0.227 e. The van der Waals surface area contributed by atoms with Crippen LogP contribution >= 0.6 is 0 Å². The second kappa shape index (κ2) is 7.07. The van der Waals surface area contributed by atoms with E-state index >= 15 is 0 Å². The number of carbonyl (C=O) groups is 1. The van der Waals surface area contributed by atoms with E-state index in [1.807, 2.05) is 45.0 Å². The van der Waals surface area contributed by atoms with E-state index in [1.165, 1.54) is 0 Å². The Morgan fingerprint density at radius 1 is 1.24 bits per heavy atom. The lowest BCUT2D eigenvalue weighted by molar-refractivity contribution is -0.120. The Morgan fingerprint density at radius 3 is 2.67 bits per heavy atom. The number of hydrogen-bond acceptors (Lipinski definition) is 3. The van der Waals surface area contributed by atoms with Crippen LogP contribution in [0.4, 0.5) is 5.69 Å². The standard InChI is InChI=1S/C17H22N2O2/c1-4-12(5-2)17(20)19-14-9-10-15(21-6-3)16-13(14)8-7-11-18-16/h7-12H,4-6H2,1-3H3,(H,19,20). The lowest BCUT2D eigenvalue weighted by Crippen LogP contribution is -2.21. The Hall–Kier alpha value is -2.10. The molecule has 0 aliphatic heterocycles. The van der Waals surface area contributed by atoms with Crippen molar-refractivity contribution in [3.8, 4) is 5.75 Å². The van der Waals surface area contributed by atoms with E-state index in [4.69, 9.17) is 4.74 Å². The molecule has 1 N–H and O–H groups in total. The summed E-state index contributed by atoms with van der Waals surface area (Å²) in [6.07, 6.45) is 3.42. The van der Waals surface area contributed by atoms with Crippen molar-refractivity contribution in [3.63, 3.8) is 0 Å². The van der Waals surface area contributed by atoms with Gasteiger partial charge in [0.2, 0.25) is 5.91 Å². The largest absolute Gasteiger partial charge is 0.492 e. The molecule has 1 amide bonds. The molecule has 1 heterocycles. The second-order valence-electron chi connectivity index (χ2n) is 4.95. The molecule has 112 valence electrons. The van der Waals surface area contributed by atoms with E-state index in [0.29, 0.717) is 6.61 Å². The van der Waals surface area contributed by atoms with Crippen molar-refractivity contribution >= 4 is 22.5 Å². The van der Waals surface area contributed by atoms with Gasteiger partial charge in [0, 0.05) is 17.5 Å². The van der Waals surface area contributed by atoms with Crippen LogP contribution in [0.2, 0.25) is 0 Å². The van der Waals surface area contributed by atoms with Gasteiger partial charge in [-0.2, -0.15) is 0 Å². The van der Waals surface area contributed by atoms with Crippen LogP contribution in [0.15, 0.2) is 30.5 Å². The molecule has 4 nitrogen and oxygen atoms in total. The van der Waals surface area contributed by atoms with Crippen LogP contribution in [0.1, 0.15) is 33.6 Å². The Bertz CT molecular complexity index is 621. The van der Waals surface area contributed by atoms with Crippen LogP contribution in [0.3, 0.4) is 0 Å². The molecule has 0 fully saturated rings. The summed E-state index contributed by atoms with van der Waals surface area (Å²) < 4.78 is 5.59. The molecule has 2 aromatic rings. The highest BCUT2D eigenvalue weighted by Gasteiger charge is 2.16. The quantitative estimate of drug-likeness (QED) is 0.873. The van der Waals surface area contributed by atoms with Crippen molar-refractivity contribution in [2.75, 3.05) is 11.9 Å². The molecule has 0 aliphatic carbocycles. The Kier molecular flexibility index (Phi) is 5.14. The molecule has 0 radical (unpaired) electrons. The summed E-state index contributed by atoms with van der Waals surface area (Å²) in [6, 6.07) is 7.56. The first kappa shape index (κ1) is 15.3. The normalized spacial score (nSPS) is 10.9. The summed E-state index contributed by atoms with van der Waals surface area (Å²) in [5.41, 5.74) is 1.57. The van der Waals surface area contributed by atoms with Crippen molar-refractivity contribution in [1.82, 2.24) is 4.98 Å². The maximum atomic E-state index is 12.3. The Morgan fingerprint density at radius 2 is 2.00 bits per heavy atom. The van der Waals surface area contributed by atoms with Crippen LogP contribution in [0.25, 0.3) is 10.9 Å². The number of benzene rings is 1. The third kappa shape index (κ3) is 3.32. The molecule has 0 atom stereocenters. The number of amides is 1. The number of aromatic nitrogens is 1. The molecule has 0 aliphatic rings. The van der Waals surface area contributed by atoms with Gasteiger partial charge in [-0.15, -0.1) is 0 Å². The first-order valence-corrected chi connectivity index (χ1v) is 7.52. The van der Waals surface area contributed by atoms with Crippen molar-refractivity contribution in [2.45, 2.75) is 33.6 Å². The number of pyridine rings is 1. The predicted molar refractivity (Wildman–Crippen MR) is 85.6 cm³/mol. The first-order valence-electron chi connectivity index (χ1n) is 7.52.